The Kier molecular flexibility index (Phi) is 5.24. The van der Waals surface area contributed by atoms with Gasteiger partial charge in [-0.1, -0.05) is 36.8 Å². The van der Waals surface area contributed by atoms with Crippen molar-refractivity contribution >= 4 is 10.2 Å². The van der Waals surface area contributed by atoms with E-state index in [9.17, 15) is 8.42 Å². The number of fused-ring (bicyclic) bond motifs is 4. The van der Waals surface area contributed by atoms with Crippen LogP contribution >= 0.6 is 0 Å². The first-order chi connectivity index (χ1) is 13.6. The number of piperidine rings is 3. The van der Waals surface area contributed by atoms with E-state index in [1.165, 1.54) is 31.2 Å². The second-order valence-corrected chi connectivity index (χ2v) is 11.3. The zero-order valence-corrected chi connectivity index (χ0v) is 17.6. The second kappa shape index (κ2) is 7.71. The second-order valence-electron chi connectivity index (χ2n) is 9.33. The van der Waals surface area contributed by atoms with Crippen molar-refractivity contribution in [2.45, 2.75) is 57.0 Å². The molecule has 0 N–H and O–H groups in total. The lowest BCUT2D eigenvalue weighted by atomic mass is 9.74. The molecule has 4 fully saturated rings. The van der Waals surface area contributed by atoms with E-state index in [1.807, 2.05) is 4.31 Å². The standard InChI is InChI=1S/C22H33N3O2S/c26-28(27,23-11-4-5-12-23)24-15-19-13-20(17-24)22-10-6-9-21(25(22)16-19)14-18-7-2-1-3-8-18/h1-3,7-8,19-22H,4-6,9-17H2/t19-,20+,21+,22-/m0/s1. The molecule has 0 unspecified atom stereocenters. The van der Waals surface area contributed by atoms with Crippen LogP contribution < -0.4 is 0 Å². The van der Waals surface area contributed by atoms with Gasteiger partial charge in [0.15, 0.2) is 0 Å². The highest BCUT2D eigenvalue weighted by atomic mass is 32.2. The first kappa shape index (κ1) is 19.0. The van der Waals surface area contributed by atoms with Crippen LogP contribution in [0.3, 0.4) is 0 Å². The molecule has 0 radical (unpaired) electrons. The number of nitrogens with zero attached hydrogens (tertiary/aromatic N) is 3. The van der Waals surface area contributed by atoms with Crippen LogP contribution in [0.25, 0.3) is 0 Å². The minimum absolute atomic E-state index is 0.490. The summed E-state index contributed by atoms with van der Waals surface area (Å²) in [5.41, 5.74) is 1.43. The largest absolute Gasteiger partial charge is 0.296 e. The van der Waals surface area contributed by atoms with Gasteiger partial charge >= 0.3 is 0 Å². The maximum Gasteiger partial charge on any atom is 0.281 e. The zero-order chi connectivity index (χ0) is 19.1. The van der Waals surface area contributed by atoms with Crippen molar-refractivity contribution in [1.82, 2.24) is 13.5 Å². The lowest BCUT2D eigenvalue weighted by Gasteiger charge is -2.55. The van der Waals surface area contributed by atoms with Crippen molar-refractivity contribution in [3.63, 3.8) is 0 Å². The Labute approximate surface area is 169 Å². The van der Waals surface area contributed by atoms with E-state index in [1.54, 1.807) is 4.31 Å². The van der Waals surface area contributed by atoms with E-state index >= 15 is 0 Å². The van der Waals surface area contributed by atoms with Crippen LogP contribution in [-0.2, 0) is 16.6 Å². The van der Waals surface area contributed by atoms with Crippen LogP contribution in [0.5, 0.6) is 0 Å². The molecule has 4 aliphatic heterocycles. The minimum atomic E-state index is -3.26. The summed E-state index contributed by atoms with van der Waals surface area (Å²) in [6.07, 6.45) is 8.16. The molecule has 154 valence electrons. The lowest BCUT2D eigenvalue weighted by molar-refractivity contribution is -0.0410. The van der Waals surface area contributed by atoms with Gasteiger partial charge in [-0.3, -0.25) is 4.90 Å². The van der Waals surface area contributed by atoms with Gasteiger partial charge in [0, 0.05) is 44.8 Å². The Morgan fingerprint density at radius 2 is 1.68 bits per heavy atom. The Morgan fingerprint density at radius 3 is 2.46 bits per heavy atom. The Balaban J connectivity index is 1.31. The quantitative estimate of drug-likeness (QED) is 0.776. The molecule has 1 aromatic rings. The first-order valence-electron chi connectivity index (χ1n) is 11.2. The summed E-state index contributed by atoms with van der Waals surface area (Å²) >= 11 is 0. The molecule has 0 amide bonds. The molecule has 28 heavy (non-hydrogen) atoms. The van der Waals surface area contributed by atoms with Crippen molar-refractivity contribution in [2.24, 2.45) is 11.8 Å². The lowest BCUT2D eigenvalue weighted by Crippen LogP contribution is -2.63. The Bertz CT molecular complexity index is 778. The highest BCUT2D eigenvalue weighted by Gasteiger charge is 2.47. The van der Waals surface area contributed by atoms with E-state index in [4.69, 9.17) is 0 Å². The molecule has 4 atom stereocenters. The molecule has 0 aliphatic carbocycles. The van der Waals surface area contributed by atoms with Crippen molar-refractivity contribution < 1.29 is 8.42 Å². The summed E-state index contributed by atoms with van der Waals surface area (Å²) in [5.74, 6) is 0.993. The van der Waals surface area contributed by atoms with E-state index in [0.29, 0.717) is 37.0 Å². The third kappa shape index (κ3) is 3.53. The maximum atomic E-state index is 13.1. The van der Waals surface area contributed by atoms with Gasteiger partial charge in [0.2, 0.25) is 0 Å². The Morgan fingerprint density at radius 1 is 0.893 bits per heavy atom. The molecular formula is C22H33N3O2S. The molecule has 5 rings (SSSR count). The van der Waals surface area contributed by atoms with Crippen molar-refractivity contribution in [3.05, 3.63) is 35.9 Å². The predicted molar refractivity (Wildman–Crippen MR) is 111 cm³/mol. The van der Waals surface area contributed by atoms with Gasteiger partial charge in [0.05, 0.1) is 0 Å². The molecule has 0 saturated carbocycles. The van der Waals surface area contributed by atoms with Gasteiger partial charge in [-0.15, -0.1) is 0 Å². The fraction of sp³-hybridized carbons (Fsp3) is 0.727. The van der Waals surface area contributed by atoms with Gasteiger partial charge in [0.25, 0.3) is 10.2 Å². The molecule has 1 aromatic carbocycles. The summed E-state index contributed by atoms with van der Waals surface area (Å²) in [6.45, 7) is 3.95. The van der Waals surface area contributed by atoms with Crippen LogP contribution in [0.2, 0.25) is 0 Å². The highest BCUT2D eigenvalue weighted by Crippen LogP contribution is 2.41. The van der Waals surface area contributed by atoms with E-state index in [0.717, 1.165) is 38.9 Å². The topological polar surface area (TPSA) is 43.9 Å². The molecule has 4 saturated heterocycles. The number of hydrogen-bond acceptors (Lipinski definition) is 3. The van der Waals surface area contributed by atoms with Crippen LogP contribution in [0.15, 0.2) is 30.3 Å². The highest BCUT2D eigenvalue weighted by molar-refractivity contribution is 7.86. The summed E-state index contributed by atoms with van der Waals surface area (Å²) in [4.78, 5) is 2.77. The van der Waals surface area contributed by atoms with Crippen LogP contribution in [-0.4, -0.2) is 66.7 Å². The van der Waals surface area contributed by atoms with Gasteiger partial charge in [-0.05, 0) is 55.9 Å². The number of hydrogen-bond donors (Lipinski definition) is 0. The molecular weight excluding hydrogens is 370 g/mol. The fourth-order valence-corrected chi connectivity index (χ4v) is 8.07. The number of rotatable bonds is 4. The van der Waals surface area contributed by atoms with Crippen LogP contribution in [0, 0.1) is 11.8 Å². The average molecular weight is 404 g/mol. The summed E-state index contributed by atoms with van der Waals surface area (Å²) in [5, 5.41) is 0. The van der Waals surface area contributed by atoms with Gasteiger partial charge < -0.3 is 0 Å². The van der Waals surface area contributed by atoms with Crippen molar-refractivity contribution in [2.75, 3.05) is 32.7 Å². The van der Waals surface area contributed by atoms with Crippen molar-refractivity contribution in [3.8, 4) is 0 Å². The minimum Gasteiger partial charge on any atom is -0.296 e. The van der Waals surface area contributed by atoms with Gasteiger partial charge in [-0.25, -0.2) is 0 Å². The Hall–Kier alpha value is -0.950. The molecule has 6 heteroatoms. The molecule has 5 nitrogen and oxygen atoms in total. The van der Waals surface area contributed by atoms with Crippen LogP contribution in [0.4, 0.5) is 0 Å². The van der Waals surface area contributed by atoms with Gasteiger partial charge in [-0.2, -0.15) is 17.0 Å². The molecule has 4 heterocycles. The van der Waals surface area contributed by atoms with Gasteiger partial charge in [0.1, 0.15) is 0 Å². The molecule has 0 aromatic heterocycles. The number of benzene rings is 1. The first-order valence-corrected chi connectivity index (χ1v) is 12.6. The predicted octanol–water partition coefficient (Wildman–Crippen LogP) is 2.74. The van der Waals surface area contributed by atoms with Crippen LogP contribution in [0.1, 0.15) is 44.1 Å². The molecule has 2 bridgehead atoms. The van der Waals surface area contributed by atoms with E-state index in [-0.39, 0.29) is 0 Å². The van der Waals surface area contributed by atoms with E-state index in [2.05, 4.69) is 35.2 Å². The monoisotopic (exact) mass is 403 g/mol. The molecule has 4 aliphatic rings. The molecule has 0 spiro atoms. The summed E-state index contributed by atoms with van der Waals surface area (Å²) in [7, 11) is -3.26. The smallest absolute Gasteiger partial charge is 0.281 e. The third-order valence-electron chi connectivity index (χ3n) is 7.51. The SMILES string of the molecule is O=S(=O)(N1CCCC1)N1C[C@@H]2C[C@H](C1)[C@@H]1CCC[C@H](Cc3ccccc3)N1C2. The normalized spacial score (nSPS) is 35.0. The third-order valence-corrected chi connectivity index (χ3v) is 9.48. The van der Waals surface area contributed by atoms with Crippen molar-refractivity contribution in [1.29, 1.82) is 0 Å². The van der Waals surface area contributed by atoms with E-state index < -0.39 is 10.2 Å². The summed E-state index contributed by atoms with van der Waals surface area (Å²) in [6, 6.07) is 12.1. The maximum absolute atomic E-state index is 13.1. The summed E-state index contributed by atoms with van der Waals surface area (Å²) < 4.78 is 29.8. The average Bonchev–Trinajstić information content (AvgIpc) is 3.25. The fourth-order valence-electron chi connectivity index (χ4n) is 6.24. The zero-order valence-electron chi connectivity index (χ0n) is 16.7.